The third-order valence-electron chi connectivity index (χ3n) is 2.45. The van der Waals surface area contributed by atoms with Crippen molar-refractivity contribution in [2.45, 2.75) is 13.5 Å². The van der Waals surface area contributed by atoms with Crippen LogP contribution < -0.4 is 11.1 Å². The first-order valence-electron chi connectivity index (χ1n) is 5.42. The third-order valence-corrected chi connectivity index (χ3v) is 2.45. The lowest BCUT2D eigenvalue weighted by atomic mass is 10.2. The van der Waals surface area contributed by atoms with Gasteiger partial charge in [0.2, 0.25) is 5.91 Å². The minimum absolute atomic E-state index is 0.0752. The second-order valence-electron chi connectivity index (χ2n) is 4.02. The number of carbonyl (C=O) groups excluding carboxylic acids is 1. The fourth-order valence-electron chi connectivity index (χ4n) is 1.50. The number of aryl methyl sites for hydroxylation is 1. The van der Waals surface area contributed by atoms with Crippen molar-refractivity contribution in [3.63, 3.8) is 0 Å². The molecule has 0 aliphatic carbocycles. The molecule has 0 atom stereocenters. The Kier molecular flexibility index (Phi) is 3.18. The first-order valence-corrected chi connectivity index (χ1v) is 5.42. The number of aromatic hydroxyl groups is 1. The number of phenolic OH excluding ortho intramolecular Hbond substituents is 1. The standard InChI is InChI=1S/C12H14N4O2/c1-8-2-3-10(4-11(8)17)15-12(18)7-16-6-9(13)5-14-16/h2-6,17H,7,13H2,1H3,(H,15,18). The van der Waals surface area contributed by atoms with E-state index in [1.54, 1.807) is 25.3 Å². The van der Waals surface area contributed by atoms with Gasteiger partial charge < -0.3 is 16.2 Å². The van der Waals surface area contributed by atoms with Gasteiger partial charge in [0.1, 0.15) is 12.3 Å². The summed E-state index contributed by atoms with van der Waals surface area (Å²) in [4.78, 5) is 11.7. The highest BCUT2D eigenvalue weighted by molar-refractivity contribution is 5.90. The molecule has 2 aromatic rings. The van der Waals surface area contributed by atoms with Crippen molar-refractivity contribution >= 4 is 17.3 Å². The number of hydrogen-bond acceptors (Lipinski definition) is 4. The first kappa shape index (κ1) is 12.0. The van der Waals surface area contributed by atoms with Crippen molar-refractivity contribution < 1.29 is 9.90 Å². The fourth-order valence-corrected chi connectivity index (χ4v) is 1.50. The van der Waals surface area contributed by atoms with Crippen LogP contribution in [0.4, 0.5) is 11.4 Å². The second-order valence-corrected chi connectivity index (χ2v) is 4.02. The van der Waals surface area contributed by atoms with E-state index in [2.05, 4.69) is 10.4 Å². The molecule has 94 valence electrons. The normalized spacial score (nSPS) is 10.3. The Bertz CT molecular complexity index is 577. The summed E-state index contributed by atoms with van der Waals surface area (Å²) in [7, 11) is 0. The van der Waals surface area contributed by atoms with Crippen molar-refractivity contribution in [3.05, 3.63) is 36.2 Å². The van der Waals surface area contributed by atoms with Gasteiger partial charge in [0, 0.05) is 18.0 Å². The van der Waals surface area contributed by atoms with Gasteiger partial charge >= 0.3 is 0 Å². The van der Waals surface area contributed by atoms with E-state index in [1.807, 2.05) is 0 Å². The average Bonchev–Trinajstić information content (AvgIpc) is 2.69. The molecular weight excluding hydrogens is 232 g/mol. The van der Waals surface area contributed by atoms with E-state index in [0.717, 1.165) is 5.56 Å². The molecule has 6 nitrogen and oxygen atoms in total. The summed E-state index contributed by atoms with van der Waals surface area (Å²) in [5.41, 5.74) is 7.31. The van der Waals surface area contributed by atoms with E-state index in [-0.39, 0.29) is 18.2 Å². The number of hydrogen-bond donors (Lipinski definition) is 3. The van der Waals surface area contributed by atoms with Gasteiger partial charge in [-0.25, -0.2) is 0 Å². The largest absolute Gasteiger partial charge is 0.508 e. The quantitative estimate of drug-likeness (QED) is 0.756. The number of phenols is 1. The number of nitrogens with zero attached hydrogens (tertiary/aromatic N) is 2. The molecule has 0 spiro atoms. The molecular formula is C12H14N4O2. The lowest BCUT2D eigenvalue weighted by Gasteiger charge is -2.07. The maximum atomic E-state index is 11.7. The van der Waals surface area contributed by atoms with Gasteiger partial charge in [0.15, 0.2) is 0 Å². The molecule has 2 rings (SSSR count). The van der Waals surface area contributed by atoms with E-state index in [9.17, 15) is 9.90 Å². The second kappa shape index (κ2) is 4.79. The lowest BCUT2D eigenvalue weighted by Crippen LogP contribution is -2.18. The van der Waals surface area contributed by atoms with Gasteiger partial charge in [0.25, 0.3) is 0 Å². The Morgan fingerprint density at radius 3 is 2.94 bits per heavy atom. The smallest absolute Gasteiger partial charge is 0.246 e. The van der Waals surface area contributed by atoms with E-state index < -0.39 is 0 Å². The summed E-state index contributed by atoms with van der Waals surface area (Å²) >= 11 is 0. The third kappa shape index (κ3) is 2.79. The summed E-state index contributed by atoms with van der Waals surface area (Å²) < 4.78 is 1.44. The van der Waals surface area contributed by atoms with Crippen LogP contribution in [0, 0.1) is 6.92 Å². The molecule has 0 aliphatic rings. The predicted octanol–water partition coefficient (Wildman–Crippen LogP) is 1.12. The van der Waals surface area contributed by atoms with Gasteiger partial charge in [0.05, 0.1) is 11.9 Å². The number of benzene rings is 1. The minimum Gasteiger partial charge on any atom is -0.508 e. The minimum atomic E-state index is -0.235. The summed E-state index contributed by atoms with van der Waals surface area (Å²) in [5.74, 6) is -0.0857. The molecule has 1 aromatic carbocycles. The van der Waals surface area contributed by atoms with Crippen LogP contribution >= 0.6 is 0 Å². The van der Waals surface area contributed by atoms with Crippen LogP contribution in [0.2, 0.25) is 0 Å². The Hall–Kier alpha value is -2.50. The Labute approximate surface area is 104 Å². The molecule has 0 radical (unpaired) electrons. The number of nitrogen functional groups attached to an aromatic ring is 1. The summed E-state index contributed by atoms with van der Waals surface area (Å²) in [6.07, 6.45) is 3.05. The van der Waals surface area contributed by atoms with Crippen LogP contribution in [0.3, 0.4) is 0 Å². The summed E-state index contributed by atoms with van der Waals surface area (Å²) in [6, 6.07) is 4.96. The van der Waals surface area contributed by atoms with Gasteiger partial charge in [-0.3, -0.25) is 9.48 Å². The SMILES string of the molecule is Cc1ccc(NC(=O)Cn2cc(N)cn2)cc1O. The molecule has 0 saturated carbocycles. The Morgan fingerprint density at radius 2 is 2.33 bits per heavy atom. The average molecular weight is 246 g/mol. The highest BCUT2D eigenvalue weighted by atomic mass is 16.3. The van der Waals surface area contributed by atoms with Crippen molar-refractivity contribution in [2.24, 2.45) is 0 Å². The van der Waals surface area contributed by atoms with Crippen LogP contribution in [0.25, 0.3) is 0 Å². The zero-order valence-corrected chi connectivity index (χ0v) is 9.92. The van der Waals surface area contributed by atoms with Crippen LogP contribution in [0.15, 0.2) is 30.6 Å². The molecule has 0 unspecified atom stereocenters. The highest BCUT2D eigenvalue weighted by Gasteiger charge is 2.06. The van der Waals surface area contributed by atoms with Crippen LogP contribution in [-0.2, 0) is 11.3 Å². The van der Waals surface area contributed by atoms with E-state index in [4.69, 9.17) is 5.73 Å². The zero-order valence-electron chi connectivity index (χ0n) is 9.92. The Morgan fingerprint density at radius 1 is 1.56 bits per heavy atom. The lowest BCUT2D eigenvalue weighted by molar-refractivity contribution is -0.116. The Balaban J connectivity index is 2.00. The topological polar surface area (TPSA) is 93.2 Å². The van der Waals surface area contributed by atoms with Crippen molar-refractivity contribution in [1.29, 1.82) is 0 Å². The van der Waals surface area contributed by atoms with Gasteiger partial charge in [-0.05, 0) is 18.6 Å². The fraction of sp³-hybridized carbons (Fsp3) is 0.167. The van der Waals surface area contributed by atoms with Gasteiger partial charge in [-0.15, -0.1) is 0 Å². The molecule has 4 N–H and O–H groups in total. The molecule has 0 aliphatic heterocycles. The molecule has 1 heterocycles. The number of rotatable bonds is 3. The number of carbonyl (C=O) groups is 1. The maximum Gasteiger partial charge on any atom is 0.246 e. The predicted molar refractivity (Wildman–Crippen MR) is 68.1 cm³/mol. The molecule has 0 saturated heterocycles. The number of nitrogens with one attached hydrogen (secondary N) is 1. The van der Waals surface area contributed by atoms with Crippen LogP contribution in [0.5, 0.6) is 5.75 Å². The monoisotopic (exact) mass is 246 g/mol. The summed E-state index contributed by atoms with van der Waals surface area (Å²) in [6.45, 7) is 1.86. The molecule has 0 fully saturated rings. The van der Waals surface area contributed by atoms with Crippen molar-refractivity contribution in [3.8, 4) is 5.75 Å². The van der Waals surface area contributed by atoms with E-state index in [1.165, 1.54) is 16.9 Å². The first-order chi connectivity index (χ1) is 8.54. The zero-order chi connectivity index (χ0) is 13.1. The van der Waals surface area contributed by atoms with Crippen LogP contribution in [0.1, 0.15) is 5.56 Å². The molecule has 6 heteroatoms. The molecule has 18 heavy (non-hydrogen) atoms. The van der Waals surface area contributed by atoms with Crippen LogP contribution in [-0.4, -0.2) is 20.8 Å². The maximum absolute atomic E-state index is 11.7. The molecule has 0 bridgehead atoms. The van der Waals surface area contributed by atoms with E-state index in [0.29, 0.717) is 11.4 Å². The number of amides is 1. The van der Waals surface area contributed by atoms with Gasteiger partial charge in [-0.2, -0.15) is 5.10 Å². The summed E-state index contributed by atoms with van der Waals surface area (Å²) in [5, 5.41) is 16.1. The number of aromatic nitrogens is 2. The van der Waals surface area contributed by atoms with Crippen molar-refractivity contribution in [1.82, 2.24) is 9.78 Å². The van der Waals surface area contributed by atoms with E-state index >= 15 is 0 Å². The highest BCUT2D eigenvalue weighted by Crippen LogP contribution is 2.20. The number of anilines is 2. The molecule has 1 aromatic heterocycles. The van der Waals surface area contributed by atoms with Gasteiger partial charge in [-0.1, -0.05) is 6.07 Å². The number of nitrogens with two attached hydrogens (primary N) is 1. The van der Waals surface area contributed by atoms with Crippen molar-refractivity contribution in [2.75, 3.05) is 11.1 Å². The molecule has 1 amide bonds.